The first-order valence-corrected chi connectivity index (χ1v) is 9.46. The Balaban J connectivity index is 2.23. The van der Waals surface area contributed by atoms with E-state index in [1.165, 1.54) is 0 Å². The fraction of sp³-hybridized carbons (Fsp3) is 0.381. The van der Waals surface area contributed by atoms with Gasteiger partial charge in [0.25, 0.3) is 5.91 Å². The van der Waals surface area contributed by atoms with E-state index in [2.05, 4.69) is 19.2 Å². The number of anilines is 1. The molecule has 0 aliphatic heterocycles. The Hall–Kier alpha value is -2.20. The third-order valence-electron chi connectivity index (χ3n) is 3.91. The minimum atomic E-state index is -0.235. The van der Waals surface area contributed by atoms with Gasteiger partial charge in [-0.15, -0.1) is 0 Å². The van der Waals surface area contributed by atoms with Gasteiger partial charge in [-0.2, -0.15) is 0 Å². The van der Waals surface area contributed by atoms with Crippen molar-refractivity contribution in [2.75, 3.05) is 18.5 Å². The maximum absolute atomic E-state index is 12.6. The SMILES string of the molecule is CCCCOc1c(Cl)cc(C(=O)Nc2cccc(CC)c2)cc1OCC. The van der Waals surface area contributed by atoms with Crippen molar-refractivity contribution in [2.24, 2.45) is 0 Å². The zero-order valence-electron chi connectivity index (χ0n) is 15.6. The normalized spacial score (nSPS) is 10.5. The van der Waals surface area contributed by atoms with Gasteiger partial charge in [0.1, 0.15) is 0 Å². The highest BCUT2D eigenvalue weighted by Crippen LogP contribution is 2.37. The van der Waals surface area contributed by atoms with Crippen molar-refractivity contribution in [1.29, 1.82) is 0 Å². The lowest BCUT2D eigenvalue weighted by molar-refractivity contribution is 0.102. The molecule has 2 rings (SSSR count). The van der Waals surface area contributed by atoms with Crippen LogP contribution in [0.15, 0.2) is 36.4 Å². The molecule has 2 aromatic rings. The summed E-state index contributed by atoms with van der Waals surface area (Å²) >= 11 is 6.36. The molecule has 0 saturated heterocycles. The monoisotopic (exact) mass is 375 g/mol. The van der Waals surface area contributed by atoms with Crippen molar-refractivity contribution in [3.05, 3.63) is 52.5 Å². The molecule has 4 nitrogen and oxygen atoms in total. The van der Waals surface area contributed by atoms with Gasteiger partial charge in [-0.25, -0.2) is 0 Å². The van der Waals surface area contributed by atoms with Gasteiger partial charge in [0.2, 0.25) is 0 Å². The van der Waals surface area contributed by atoms with Crippen LogP contribution in [0.25, 0.3) is 0 Å². The number of hydrogen-bond acceptors (Lipinski definition) is 3. The fourth-order valence-corrected chi connectivity index (χ4v) is 2.76. The lowest BCUT2D eigenvalue weighted by Gasteiger charge is -2.15. The van der Waals surface area contributed by atoms with Crippen LogP contribution >= 0.6 is 11.6 Å². The minimum absolute atomic E-state index is 0.235. The molecule has 1 N–H and O–H groups in total. The Labute approximate surface area is 160 Å². The lowest BCUT2D eigenvalue weighted by Crippen LogP contribution is -2.13. The molecule has 0 aliphatic rings. The van der Waals surface area contributed by atoms with Crippen molar-refractivity contribution in [2.45, 2.75) is 40.0 Å². The third-order valence-corrected chi connectivity index (χ3v) is 4.19. The number of aryl methyl sites for hydroxylation is 1. The highest BCUT2D eigenvalue weighted by atomic mass is 35.5. The van der Waals surface area contributed by atoms with Gasteiger partial charge < -0.3 is 14.8 Å². The van der Waals surface area contributed by atoms with Gasteiger partial charge in [-0.3, -0.25) is 4.79 Å². The van der Waals surface area contributed by atoms with Gasteiger partial charge in [0.15, 0.2) is 11.5 Å². The fourth-order valence-electron chi connectivity index (χ4n) is 2.49. The predicted octanol–water partition coefficient (Wildman–Crippen LogP) is 5.73. The van der Waals surface area contributed by atoms with E-state index in [0.717, 1.165) is 30.5 Å². The second kappa shape index (κ2) is 10.1. The molecule has 0 unspecified atom stereocenters. The molecule has 0 spiro atoms. The van der Waals surface area contributed by atoms with Crippen LogP contribution in [0.1, 0.15) is 49.5 Å². The summed E-state index contributed by atoms with van der Waals surface area (Å²) in [6.07, 6.45) is 2.87. The Morgan fingerprint density at radius 1 is 1.12 bits per heavy atom. The summed E-state index contributed by atoms with van der Waals surface area (Å²) in [7, 11) is 0. The third kappa shape index (κ3) is 5.40. The van der Waals surface area contributed by atoms with E-state index in [-0.39, 0.29) is 5.91 Å². The van der Waals surface area contributed by atoms with E-state index in [0.29, 0.717) is 35.3 Å². The van der Waals surface area contributed by atoms with Crippen molar-refractivity contribution in [3.8, 4) is 11.5 Å². The second-order valence-electron chi connectivity index (χ2n) is 5.93. The molecule has 140 valence electrons. The maximum Gasteiger partial charge on any atom is 0.255 e. The van der Waals surface area contributed by atoms with Crippen molar-refractivity contribution in [3.63, 3.8) is 0 Å². The van der Waals surface area contributed by atoms with E-state index in [9.17, 15) is 4.79 Å². The molecule has 0 fully saturated rings. The maximum atomic E-state index is 12.6. The number of hydrogen-bond donors (Lipinski definition) is 1. The highest BCUT2D eigenvalue weighted by Gasteiger charge is 2.16. The smallest absolute Gasteiger partial charge is 0.255 e. The molecule has 0 bridgehead atoms. The number of rotatable bonds is 9. The molecule has 1 amide bonds. The van der Waals surface area contributed by atoms with Crippen molar-refractivity contribution in [1.82, 2.24) is 0 Å². The number of ether oxygens (including phenoxy) is 2. The molecule has 0 aromatic heterocycles. The van der Waals surface area contributed by atoms with Crippen LogP contribution in [0.3, 0.4) is 0 Å². The van der Waals surface area contributed by atoms with Crippen LogP contribution in [0, 0.1) is 0 Å². The van der Waals surface area contributed by atoms with E-state index in [4.69, 9.17) is 21.1 Å². The molecule has 0 aliphatic carbocycles. The average Bonchev–Trinajstić information content (AvgIpc) is 2.64. The van der Waals surface area contributed by atoms with E-state index < -0.39 is 0 Å². The Bertz CT molecular complexity index is 746. The van der Waals surface area contributed by atoms with Crippen LogP contribution in [0.2, 0.25) is 5.02 Å². The molecule has 0 radical (unpaired) electrons. The minimum Gasteiger partial charge on any atom is -0.490 e. The number of carbonyl (C=O) groups is 1. The Morgan fingerprint density at radius 2 is 1.92 bits per heavy atom. The number of benzene rings is 2. The first-order chi connectivity index (χ1) is 12.6. The summed E-state index contributed by atoms with van der Waals surface area (Å²) in [5.41, 5.74) is 2.35. The summed E-state index contributed by atoms with van der Waals surface area (Å²) in [4.78, 5) is 12.6. The van der Waals surface area contributed by atoms with Crippen LogP contribution in [-0.2, 0) is 6.42 Å². The van der Waals surface area contributed by atoms with Gasteiger partial charge in [-0.05, 0) is 49.6 Å². The number of halogens is 1. The van der Waals surface area contributed by atoms with Crippen molar-refractivity contribution < 1.29 is 14.3 Å². The Kier molecular flexibility index (Phi) is 7.79. The van der Waals surface area contributed by atoms with E-state index in [1.54, 1.807) is 12.1 Å². The number of carbonyl (C=O) groups excluding carboxylic acids is 1. The summed E-state index contributed by atoms with van der Waals surface area (Å²) in [6, 6.07) is 11.1. The molecule has 0 saturated carbocycles. The van der Waals surface area contributed by atoms with Gasteiger partial charge >= 0.3 is 0 Å². The average molecular weight is 376 g/mol. The molecule has 26 heavy (non-hydrogen) atoms. The highest BCUT2D eigenvalue weighted by molar-refractivity contribution is 6.32. The largest absolute Gasteiger partial charge is 0.490 e. The summed E-state index contributed by atoms with van der Waals surface area (Å²) in [5, 5.41) is 3.28. The first kappa shape index (κ1) is 20.1. The second-order valence-corrected chi connectivity index (χ2v) is 6.34. The number of unbranched alkanes of at least 4 members (excludes halogenated alkanes) is 1. The van der Waals surface area contributed by atoms with Crippen LogP contribution in [0.4, 0.5) is 5.69 Å². The lowest BCUT2D eigenvalue weighted by atomic mass is 10.1. The topological polar surface area (TPSA) is 47.6 Å². The standard InChI is InChI=1S/C21H26ClNO3/c1-4-7-11-26-20-18(22)13-16(14-19(20)25-6-3)21(24)23-17-10-8-9-15(5-2)12-17/h8-10,12-14H,4-7,11H2,1-3H3,(H,23,24). The molecular formula is C21H26ClNO3. The van der Waals surface area contributed by atoms with Gasteiger partial charge in [-0.1, -0.05) is 44.0 Å². The van der Waals surface area contributed by atoms with Crippen molar-refractivity contribution >= 4 is 23.2 Å². The predicted molar refractivity (Wildman–Crippen MR) is 107 cm³/mol. The number of nitrogens with one attached hydrogen (secondary N) is 1. The first-order valence-electron chi connectivity index (χ1n) is 9.08. The molecule has 5 heteroatoms. The molecule has 0 atom stereocenters. The van der Waals surface area contributed by atoms with Crippen LogP contribution in [0.5, 0.6) is 11.5 Å². The van der Waals surface area contributed by atoms with Gasteiger partial charge in [0, 0.05) is 11.3 Å². The summed E-state index contributed by atoms with van der Waals surface area (Å²) in [6.45, 7) is 7.07. The quantitative estimate of drug-likeness (QED) is 0.569. The van der Waals surface area contributed by atoms with E-state index >= 15 is 0 Å². The molecule has 0 heterocycles. The zero-order valence-corrected chi connectivity index (χ0v) is 16.4. The molecule has 2 aromatic carbocycles. The van der Waals surface area contributed by atoms with Crippen LogP contribution in [-0.4, -0.2) is 19.1 Å². The Morgan fingerprint density at radius 3 is 2.62 bits per heavy atom. The molecular weight excluding hydrogens is 350 g/mol. The summed E-state index contributed by atoms with van der Waals surface area (Å²) < 4.78 is 11.4. The van der Waals surface area contributed by atoms with E-state index in [1.807, 2.05) is 31.2 Å². The summed E-state index contributed by atoms with van der Waals surface area (Å²) in [5.74, 6) is 0.747. The van der Waals surface area contributed by atoms with Crippen LogP contribution < -0.4 is 14.8 Å². The zero-order chi connectivity index (χ0) is 18.9. The number of amides is 1. The van der Waals surface area contributed by atoms with Gasteiger partial charge in [0.05, 0.1) is 18.2 Å².